The fourth-order valence-electron chi connectivity index (χ4n) is 3.96. The number of rotatable bonds is 11. The smallest absolute Gasteiger partial charge is 0.305 e. The van der Waals surface area contributed by atoms with E-state index >= 15 is 0 Å². The number of carbonyl (C=O) groups excluding carboxylic acids is 3. The Hall–Kier alpha value is -3.56. The lowest BCUT2D eigenvalue weighted by Gasteiger charge is -2.13. The maximum Gasteiger partial charge on any atom is 0.305 e. The Kier molecular flexibility index (Phi) is 9.25. The zero-order valence-electron chi connectivity index (χ0n) is 21.3. The molecule has 9 heteroatoms. The van der Waals surface area contributed by atoms with Gasteiger partial charge in [0.25, 0.3) is 5.91 Å². The van der Waals surface area contributed by atoms with Crippen LogP contribution in [0.3, 0.4) is 0 Å². The third-order valence-corrected chi connectivity index (χ3v) is 7.35. The molecule has 38 heavy (non-hydrogen) atoms. The van der Waals surface area contributed by atoms with Crippen molar-refractivity contribution in [2.24, 2.45) is 0 Å². The van der Waals surface area contributed by atoms with Crippen LogP contribution in [0.15, 0.2) is 63.9 Å². The van der Waals surface area contributed by atoms with Gasteiger partial charge in [0.15, 0.2) is 5.78 Å². The summed E-state index contributed by atoms with van der Waals surface area (Å²) in [6, 6.07) is 16.8. The second-order valence-corrected chi connectivity index (χ2v) is 10.4. The van der Waals surface area contributed by atoms with E-state index in [0.29, 0.717) is 58.9 Å². The van der Waals surface area contributed by atoms with Crippen molar-refractivity contribution in [3.63, 3.8) is 0 Å². The Morgan fingerprint density at radius 2 is 1.84 bits per heavy atom. The van der Waals surface area contributed by atoms with Crippen LogP contribution in [0.2, 0.25) is 0 Å². The molecule has 7 nitrogen and oxygen atoms in total. The number of thiocarbonyl (C=S) groups is 1. The number of hydrogen-bond acceptors (Lipinski definition) is 8. The number of aryl methyl sites for hydroxylation is 2. The van der Waals surface area contributed by atoms with Crippen LogP contribution >= 0.6 is 24.0 Å². The predicted octanol–water partition coefficient (Wildman–Crippen LogP) is 6.01. The van der Waals surface area contributed by atoms with Gasteiger partial charge < -0.3 is 9.15 Å². The lowest BCUT2D eigenvalue weighted by Crippen LogP contribution is -2.29. The van der Waals surface area contributed by atoms with Crippen molar-refractivity contribution in [1.82, 2.24) is 9.88 Å². The summed E-state index contributed by atoms with van der Waals surface area (Å²) in [5.41, 5.74) is 3.07. The molecule has 2 heterocycles. The van der Waals surface area contributed by atoms with Gasteiger partial charge in [-0.25, -0.2) is 4.98 Å². The molecule has 1 aliphatic heterocycles. The van der Waals surface area contributed by atoms with Gasteiger partial charge in [0.1, 0.15) is 10.1 Å². The topological polar surface area (TPSA) is 89.7 Å². The average Bonchev–Trinajstić information content (AvgIpc) is 3.42. The minimum Gasteiger partial charge on any atom is -0.466 e. The Bertz CT molecular complexity index is 1360. The second kappa shape index (κ2) is 12.8. The number of oxazole rings is 1. The number of amides is 1. The van der Waals surface area contributed by atoms with Crippen LogP contribution < -0.4 is 0 Å². The number of aromatic nitrogens is 1. The van der Waals surface area contributed by atoms with Crippen LogP contribution in [0, 0.1) is 6.92 Å². The Labute approximate surface area is 231 Å². The van der Waals surface area contributed by atoms with E-state index in [9.17, 15) is 14.4 Å². The molecule has 1 fully saturated rings. The highest BCUT2D eigenvalue weighted by atomic mass is 32.2. The molecular formula is C29H28N2O5S2. The lowest BCUT2D eigenvalue weighted by molar-refractivity contribution is -0.143. The molecule has 0 aliphatic carbocycles. The summed E-state index contributed by atoms with van der Waals surface area (Å²) in [5.74, 6) is 0.815. The van der Waals surface area contributed by atoms with E-state index in [0.717, 1.165) is 16.8 Å². The minimum atomic E-state index is -0.281. The van der Waals surface area contributed by atoms with Crippen molar-refractivity contribution < 1.29 is 23.5 Å². The number of benzene rings is 2. The maximum absolute atomic E-state index is 12.8. The second-order valence-electron chi connectivity index (χ2n) is 8.68. The van der Waals surface area contributed by atoms with Crippen molar-refractivity contribution in [2.75, 3.05) is 13.2 Å². The molecule has 0 atom stereocenters. The fourth-order valence-corrected chi connectivity index (χ4v) is 5.27. The van der Waals surface area contributed by atoms with Crippen LogP contribution in [0.5, 0.6) is 0 Å². The van der Waals surface area contributed by atoms with E-state index in [4.69, 9.17) is 21.4 Å². The van der Waals surface area contributed by atoms with Gasteiger partial charge in [0.05, 0.1) is 17.2 Å². The molecule has 0 radical (unpaired) electrons. The molecule has 4 rings (SSSR count). The predicted molar refractivity (Wildman–Crippen MR) is 152 cm³/mol. The summed E-state index contributed by atoms with van der Waals surface area (Å²) in [4.78, 5) is 43.7. The summed E-state index contributed by atoms with van der Waals surface area (Å²) in [5, 5.41) is 0. The summed E-state index contributed by atoms with van der Waals surface area (Å²) in [6.45, 7) is 4.32. The molecule has 196 valence electrons. The highest BCUT2D eigenvalue weighted by molar-refractivity contribution is 8.26. The third kappa shape index (κ3) is 6.85. The number of esters is 1. The van der Waals surface area contributed by atoms with Gasteiger partial charge >= 0.3 is 5.97 Å². The molecule has 3 aromatic rings. The van der Waals surface area contributed by atoms with Crippen molar-refractivity contribution in [3.8, 4) is 11.5 Å². The van der Waals surface area contributed by atoms with Gasteiger partial charge in [-0.3, -0.25) is 19.3 Å². The normalized spacial score (nSPS) is 14.4. The van der Waals surface area contributed by atoms with Gasteiger partial charge in [-0.15, -0.1) is 0 Å². The molecule has 1 amide bonds. The molecule has 0 N–H and O–H groups in total. The van der Waals surface area contributed by atoms with Crippen LogP contribution in [-0.2, 0) is 20.7 Å². The molecule has 0 bridgehead atoms. The molecule has 0 spiro atoms. The van der Waals surface area contributed by atoms with E-state index in [2.05, 4.69) is 4.98 Å². The number of ketones is 1. The van der Waals surface area contributed by atoms with Crippen molar-refractivity contribution in [3.05, 3.63) is 82.1 Å². The van der Waals surface area contributed by atoms with Crippen LogP contribution in [0.25, 0.3) is 17.5 Å². The molecule has 2 aromatic carbocycles. The average molecular weight is 549 g/mol. The lowest BCUT2D eigenvalue weighted by atomic mass is 10.0. The molecular weight excluding hydrogens is 520 g/mol. The number of ether oxygens (including phenoxy) is 1. The Morgan fingerprint density at radius 3 is 2.55 bits per heavy atom. The number of Topliss-reactive ketones (excluding diaryl/α,β-unsaturated/α-hetero) is 1. The van der Waals surface area contributed by atoms with E-state index in [1.165, 1.54) is 16.7 Å². The number of nitrogens with zero attached hydrogens (tertiary/aromatic N) is 2. The molecule has 1 saturated heterocycles. The first-order chi connectivity index (χ1) is 18.4. The van der Waals surface area contributed by atoms with Crippen molar-refractivity contribution in [1.29, 1.82) is 0 Å². The fraction of sp³-hybridized carbons (Fsp3) is 0.276. The summed E-state index contributed by atoms with van der Waals surface area (Å²) < 4.78 is 11.2. The van der Waals surface area contributed by atoms with Gasteiger partial charge in [-0.05, 0) is 44.0 Å². The quantitative estimate of drug-likeness (QED) is 0.125. The Morgan fingerprint density at radius 1 is 1.11 bits per heavy atom. The summed E-state index contributed by atoms with van der Waals surface area (Å²) >= 11 is 6.59. The number of carbonyl (C=O) groups is 3. The van der Waals surface area contributed by atoms with Gasteiger partial charge in [0.2, 0.25) is 5.89 Å². The zero-order valence-corrected chi connectivity index (χ0v) is 22.9. The minimum absolute atomic E-state index is 0.00753. The first kappa shape index (κ1) is 27.5. The van der Waals surface area contributed by atoms with Crippen LogP contribution in [0.4, 0.5) is 0 Å². The highest BCUT2D eigenvalue weighted by Crippen LogP contribution is 2.33. The Balaban J connectivity index is 1.32. The maximum atomic E-state index is 12.8. The molecule has 0 saturated carbocycles. The molecule has 1 aromatic heterocycles. The summed E-state index contributed by atoms with van der Waals surface area (Å²) in [6.07, 6.45) is 3.29. The summed E-state index contributed by atoms with van der Waals surface area (Å²) in [7, 11) is 0. The highest BCUT2D eigenvalue weighted by Gasteiger charge is 2.31. The SMILES string of the molecule is CCOC(=O)CCCN1C(=O)/C(=C/c2ccc(C(=O)CCc3nc(-c4ccccc4)oc3C)cc2)SC1=S. The van der Waals surface area contributed by atoms with Gasteiger partial charge in [-0.2, -0.15) is 0 Å². The third-order valence-electron chi connectivity index (χ3n) is 5.97. The monoisotopic (exact) mass is 548 g/mol. The molecule has 0 unspecified atom stereocenters. The van der Waals surface area contributed by atoms with Crippen molar-refractivity contribution in [2.45, 2.75) is 39.5 Å². The number of hydrogen-bond donors (Lipinski definition) is 0. The number of thioether (sulfide) groups is 1. The first-order valence-corrected chi connectivity index (χ1v) is 13.6. The molecule has 1 aliphatic rings. The van der Waals surface area contributed by atoms with Crippen molar-refractivity contribution >= 4 is 52.0 Å². The van der Waals surface area contributed by atoms with Gasteiger partial charge in [0, 0.05) is 36.9 Å². The van der Waals surface area contributed by atoms with E-state index < -0.39 is 0 Å². The van der Waals surface area contributed by atoms with E-state index in [1.54, 1.807) is 25.1 Å². The largest absolute Gasteiger partial charge is 0.466 e. The standard InChI is InChI=1S/C29H28N2O5S2/c1-3-35-26(33)10-7-17-31-28(34)25(38-29(31)37)18-20-11-13-21(14-12-20)24(32)16-15-23-19(2)36-27(30-23)22-8-5-4-6-9-22/h4-6,8-9,11-14,18H,3,7,10,15-17H2,1-2H3/b25-18-. The first-order valence-electron chi connectivity index (χ1n) is 12.4. The van der Waals surface area contributed by atoms with Crippen LogP contribution in [-0.4, -0.2) is 45.0 Å². The zero-order chi connectivity index (χ0) is 27.1. The van der Waals surface area contributed by atoms with E-state index in [1.807, 2.05) is 49.4 Å². The van der Waals surface area contributed by atoms with Crippen LogP contribution in [0.1, 0.15) is 53.6 Å². The van der Waals surface area contributed by atoms with E-state index in [-0.39, 0.29) is 24.1 Å². The van der Waals surface area contributed by atoms with Gasteiger partial charge in [-0.1, -0.05) is 66.4 Å².